The van der Waals surface area contributed by atoms with Crippen molar-refractivity contribution >= 4 is 22.7 Å². The van der Waals surface area contributed by atoms with E-state index in [1.54, 1.807) is 0 Å². The molecule has 0 fully saturated rings. The lowest BCUT2D eigenvalue weighted by Crippen LogP contribution is -2.26. The minimum absolute atomic E-state index is 0.0431. The Morgan fingerprint density at radius 2 is 0.739 bits per heavy atom. The van der Waals surface area contributed by atoms with Crippen molar-refractivity contribution in [2.45, 2.75) is 123 Å². The fourth-order valence-corrected chi connectivity index (χ4v) is 10.6. The molecule has 354 valence electrons. The molecule has 0 aliphatic heterocycles. The third-order valence-corrected chi connectivity index (χ3v) is 14.5. The van der Waals surface area contributed by atoms with Crippen LogP contribution in [0.2, 0.25) is 0 Å². The highest BCUT2D eigenvalue weighted by Crippen LogP contribution is 2.57. The second kappa shape index (κ2) is 21.7. The lowest BCUT2D eigenvalue weighted by molar-refractivity contribution is 0.397. The summed E-state index contributed by atoms with van der Waals surface area (Å²) in [5.41, 5.74) is 16.5. The molecule has 8 heteroatoms. The molecule has 8 nitrogen and oxygen atoms in total. The molecule has 0 saturated carbocycles. The minimum atomic E-state index is -0.0431. The van der Waals surface area contributed by atoms with Crippen LogP contribution >= 0.6 is 0 Å². The predicted octanol–water partition coefficient (Wildman–Crippen LogP) is 17.0. The normalized spacial score (nSPS) is 12.6. The van der Waals surface area contributed by atoms with Crippen molar-refractivity contribution in [2.75, 3.05) is 23.9 Å². The van der Waals surface area contributed by atoms with Crippen molar-refractivity contribution in [3.05, 3.63) is 156 Å². The number of aromatic nitrogens is 4. The standard InChI is InChI=1S/C61H68N6O2/c1-7-9-11-13-15-23-37-61(38-24-16-14-12-10-8-2)53-39-43(3)55(66(5)49-33-29-47(30-34-49)59-64-62-57(68-59)45-25-19-17-20-26-45)41-51(53)52-42-56(44(4)40-54(52)61)67(6)50-35-31-48(32-36-50)60-65-63-58(69-60)46-27-21-18-22-28-46/h17-22,25-36,39-42H,7-16,23-24,37-38H2,1-6H3. The number of benzene rings is 6. The lowest BCUT2D eigenvalue weighted by Gasteiger charge is -2.34. The SMILES string of the molecule is CCCCCCCCC1(CCCCCCCC)c2cc(C)c(N(C)c3ccc(-c4nnc(-c5ccccc5)o4)cc3)cc2-c2cc(N(C)c3ccc(-c4nnc(-c5ccccc5)o4)cc3)c(C)cc21. The van der Waals surface area contributed by atoms with Gasteiger partial charge in [-0.1, -0.05) is 139 Å². The number of rotatable bonds is 22. The Morgan fingerprint density at radius 1 is 0.406 bits per heavy atom. The number of hydrogen-bond acceptors (Lipinski definition) is 8. The number of hydrogen-bond donors (Lipinski definition) is 0. The third-order valence-electron chi connectivity index (χ3n) is 14.5. The van der Waals surface area contributed by atoms with E-state index >= 15 is 0 Å². The molecule has 0 radical (unpaired) electrons. The van der Waals surface area contributed by atoms with Crippen molar-refractivity contribution < 1.29 is 8.83 Å². The summed E-state index contributed by atoms with van der Waals surface area (Å²) in [6, 6.07) is 46.9. The van der Waals surface area contributed by atoms with Crippen LogP contribution in [0, 0.1) is 13.8 Å². The van der Waals surface area contributed by atoms with E-state index in [4.69, 9.17) is 8.83 Å². The van der Waals surface area contributed by atoms with Gasteiger partial charge in [0.1, 0.15) is 0 Å². The molecular weight excluding hydrogens is 849 g/mol. The number of unbranched alkanes of at least 4 members (excludes halogenated alkanes) is 10. The molecule has 6 aromatic carbocycles. The quantitative estimate of drug-likeness (QED) is 0.0622. The van der Waals surface area contributed by atoms with Gasteiger partial charge in [0.15, 0.2) is 0 Å². The van der Waals surface area contributed by atoms with Gasteiger partial charge in [0.05, 0.1) is 0 Å². The first-order chi connectivity index (χ1) is 33.8. The summed E-state index contributed by atoms with van der Waals surface area (Å²) in [7, 11) is 4.38. The van der Waals surface area contributed by atoms with E-state index in [0.29, 0.717) is 23.6 Å². The van der Waals surface area contributed by atoms with Crippen LogP contribution in [0.1, 0.15) is 126 Å². The molecule has 0 unspecified atom stereocenters. The first-order valence-corrected chi connectivity index (χ1v) is 25.5. The summed E-state index contributed by atoms with van der Waals surface area (Å²) in [6.07, 6.45) is 17.8. The summed E-state index contributed by atoms with van der Waals surface area (Å²) in [4.78, 5) is 4.66. The largest absolute Gasteiger partial charge is 0.416 e. The Kier molecular flexibility index (Phi) is 14.8. The molecule has 1 aliphatic carbocycles. The highest BCUT2D eigenvalue weighted by Gasteiger charge is 2.43. The first kappa shape index (κ1) is 47.3. The molecule has 8 aromatic rings. The highest BCUT2D eigenvalue weighted by molar-refractivity contribution is 5.89. The maximum absolute atomic E-state index is 6.12. The zero-order valence-corrected chi connectivity index (χ0v) is 41.6. The summed E-state index contributed by atoms with van der Waals surface area (Å²) >= 11 is 0. The summed E-state index contributed by atoms with van der Waals surface area (Å²) < 4.78 is 12.2. The van der Waals surface area contributed by atoms with Crippen LogP contribution in [0.15, 0.2) is 142 Å². The van der Waals surface area contributed by atoms with Crippen molar-refractivity contribution in [2.24, 2.45) is 0 Å². The topological polar surface area (TPSA) is 84.3 Å². The number of nitrogens with zero attached hydrogens (tertiary/aromatic N) is 6. The van der Waals surface area contributed by atoms with Gasteiger partial charge in [-0.25, -0.2) is 0 Å². The van der Waals surface area contributed by atoms with Gasteiger partial charge in [-0.05, 0) is 145 Å². The summed E-state index contributed by atoms with van der Waals surface area (Å²) in [5, 5.41) is 17.5. The van der Waals surface area contributed by atoms with E-state index in [9.17, 15) is 0 Å². The van der Waals surface area contributed by atoms with Gasteiger partial charge in [0.25, 0.3) is 0 Å². The van der Waals surface area contributed by atoms with E-state index in [-0.39, 0.29) is 5.41 Å². The van der Waals surface area contributed by atoms with Gasteiger partial charge < -0.3 is 18.6 Å². The van der Waals surface area contributed by atoms with Crippen molar-refractivity contribution in [1.29, 1.82) is 0 Å². The van der Waals surface area contributed by atoms with E-state index in [2.05, 4.69) is 145 Å². The van der Waals surface area contributed by atoms with Gasteiger partial charge in [-0.15, -0.1) is 20.4 Å². The van der Waals surface area contributed by atoms with Crippen LogP contribution in [0.4, 0.5) is 22.7 Å². The molecule has 0 atom stereocenters. The predicted molar refractivity (Wildman–Crippen MR) is 285 cm³/mol. The van der Waals surface area contributed by atoms with Crippen LogP contribution in [-0.4, -0.2) is 34.5 Å². The van der Waals surface area contributed by atoms with Gasteiger partial charge in [0.2, 0.25) is 23.6 Å². The maximum atomic E-state index is 6.12. The average molecular weight is 917 g/mol. The van der Waals surface area contributed by atoms with Gasteiger partial charge in [0, 0.05) is 64.5 Å². The van der Waals surface area contributed by atoms with E-state index in [0.717, 1.165) is 33.6 Å². The maximum Gasteiger partial charge on any atom is 0.248 e. The van der Waals surface area contributed by atoms with Crippen molar-refractivity contribution in [1.82, 2.24) is 20.4 Å². The molecule has 0 saturated heterocycles. The van der Waals surface area contributed by atoms with Crippen LogP contribution in [0.5, 0.6) is 0 Å². The Bertz CT molecular complexity index is 2720. The molecule has 0 amide bonds. The van der Waals surface area contributed by atoms with Gasteiger partial charge in [-0.2, -0.15) is 0 Å². The van der Waals surface area contributed by atoms with Crippen molar-refractivity contribution in [3.8, 4) is 56.9 Å². The first-order valence-electron chi connectivity index (χ1n) is 25.5. The zero-order chi connectivity index (χ0) is 47.7. The van der Waals surface area contributed by atoms with Crippen LogP contribution in [0.25, 0.3) is 56.9 Å². The molecule has 0 bridgehead atoms. The Balaban J connectivity index is 1.06. The smallest absolute Gasteiger partial charge is 0.248 e. The fraction of sp³-hybridized carbons (Fsp3) is 0.344. The van der Waals surface area contributed by atoms with Crippen LogP contribution in [-0.2, 0) is 5.41 Å². The van der Waals surface area contributed by atoms with Crippen molar-refractivity contribution in [3.63, 3.8) is 0 Å². The summed E-state index contributed by atoms with van der Waals surface area (Å²) in [6.45, 7) is 9.22. The molecule has 1 aliphatic rings. The Morgan fingerprint density at radius 3 is 1.10 bits per heavy atom. The third kappa shape index (κ3) is 10.2. The molecule has 2 heterocycles. The van der Waals surface area contributed by atoms with E-state index in [1.807, 2.05) is 60.7 Å². The lowest BCUT2D eigenvalue weighted by atomic mass is 9.70. The zero-order valence-electron chi connectivity index (χ0n) is 41.6. The Hall–Kier alpha value is -6.80. The number of anilines is 4. The fourth-order valence-electron chi connectivity index (χ4n) is 10.6. The molecular formula is C61H68N6O2. The molecule has 2 aromatic heterocycles. The van der Waals surface area contributed by atoms with Crippen LogP contribution in [0.3, 0.4) is 0 Å². The van der Waals surface area contributed by atoms with Crippen LogP contribution < -0.4 is 9.80 Å². The average Bonchev–Trinajstić information content (AvgIpc) is 4.15. The second-order valence-corrected chi connectivity index (χ2v) is 19.3. The molecule has 69 heavy (non-hydrogen) atoms. The monoisotopic (exact) mass is 917 g/mol. The van der Waals surface area contributed by atoms with E-state index in [1.165, 1.54) is 135 Å². The van der Waals surface area contributed by atoms with Gasteiger partial charge >= 0.3 is 0 Å². The number of aryl methyl sites for hydroxylation is 2. The van der Waals surface area contributed by atoms with E-state index < -0.39 is 0 Å². The highest BCUT2D eigenvalue weighted by atomic mass is 16.4. The molecule has 0 spiro atoms. The minimum Gasteiger partial charge on any atom is -0.416 e. The Labute approximate surface area is 409 Å². The molecule has 9 rings (SSSR count). The summed E-state index contributed by atoms with van der Waals surface area (Å²) in [5.74, 6) is 2.06. The van der Waals surface area contributed by atoms with Gasteiger partial charge in [-0.3, -0.25) is 0 Å². The molecule has 0 N–H and O–H groups in total. The second-order valence-electron chi connectivity index (χ2n) is 19.3. The number of fused-ring (bicyclic) bond motifs is 3.